The van der Waals surface area contributed by atoms with Crippen LogP contribution in [0.25, 0.3) is 11.1 Å². The van der Waals surface area contributed by atoms with Crippen LogP contribution in [0, 0.1) is 6.92 Å². The topological polar surface area (TPSA) is 0 Å². The van der Waals surface area contributed by atoms with Crippen LogP contribution in [0.5, 0.6) is 0 Å². The molecule has 0 aliphatic carbocycles. The molecule has 0 saturated heterocycles. The molecule has 0 unspecified atom stereocenters. The second-order valence-corrected chi connectivity index (χ2v) is 4.40. The van der Waals surface area contributed by atoms with Crippen LogP contribution < -0.4 is 10.9 Å². The normalized spacial score (nSPS) is 12.5. The van der Waals surface area contributed by atoms with E-state index in [2.05, 4.69) is 56.2 Å². The number of fused-ring (bicyclic) bond motifs is 3. The maximum Gasteiger partial charge on any atom is 0.207 e. The second kappa shape index (κ2) is 3.00. The van der Waals surface area contributed by atoms with Crippen molar-refractivity contribution in [2.45, 2.75) is 13.7 Å². The highest BCUT2D eigenvalue weighted by molar-refractivity contribution is 6.88. The summed E-state index contributed by atoms with van der Waals surface area (Å²) in [6.07, 6.45) is 0. The Labute approximate surface area is 91.0 Å². The van der Waals surface area contributed by atoms with E-state index in [1.165, 1.54) is 27.6 Å². The van der Waals surface area contributed by atoms with Gasteiger partial charge in [-0.25, -0.2) is 0 Å². The Kier molecular flexibility index (Phi) is 1.75. The van der Waals surface area contributed by atoms with Crippen molar-refractivity contribution in [1.82, 2.24) is 0 Å². The zero-order chi connectivity index (χ0) is 10.4. The first-order valence-electron chi connectivity index (χ1n) is 5.47. The first-order chi connectivity index (χ1) is 7.27. The molecule has 72 valence electrons. The summed E-state index contributed by atoms with van der Waals surface area (Å²) in [6, 6.07) is 15.5. The van der Waals surface area contributed by atoms with Gasteiger partial charge in [0.15, 0.2) is 0 Å². The molecule has 2 aromatic carbocycles. The van der Waals surface area contributed by atoms with Crippen molar-refractivity contribution in [2.24, 2.45) is 0 Å². The van der Waals surface area contributed by atoms with Crippen molar-refractivity contribution in [3.8, 4) is 11.1 Å². The summed E-state index contributed by atoms with van der Waals surface area (Å²) in [5.41, 5.74) is 7.14. The standard InChI is InChI=1S/C14H13B/c1-10-7-8-14-12(9-10)11-5-3-4-6-13(11)15(14)2/h3-9H,1-2H3. The van der Waals surface area contributed by atoms with Gasteiger partial charge in [-0.3, -0.25) is 0 Å². The maximum absolute atomic E-state index is 2.30. The van der Waals surface area contributed by atoms with Gasteiger partial charge in [-0.05, 0) is 18.1 Å². The lowest BCUT2D eigenvalue weighted by atomic mass is 9.45. The van der Waals surface area contributed by atoms with Crippen molar-refractivity contribution >= 4 is 17.6 Å². The van der Waals surface area contributed by atoms with Crippen LogP contribution in [0.4, 0.5) is 0 Å². The van der Waals surface area contributed by atoms with Crippen LogP contribution in [0.15, 0.2) is 42.5 Å². The molecular formula is C14H13B. The molecule has 3 rings (SSSR count). The average molecular weight is 192 g/mol. The summed E-state index contributed by atoms with van der Waals surface area (Å²) < 4.78 is 0. The SMILES string of the molecule is CB1c2ccccc2-c2cc(C)ccc21. The van der Waals surface area contributed by atoms with Crippen LogP contribution in [0.1, 0.15) is 5.56 Å². The zero-order valence-electron chi connectivity index (χ0n) is 9.12. The summed E-state index contributed by atoms with van der Waals surface area (Å²) in [6.45, 7) is 5.00. The van der Waals surface area contributed by atoms with Gasteiger partial charge in [-0.1, -0.05) is 65.8 Å². The molecule has 0 atom stereocenters. The summed E-state index contributed by atoms with van der Waals surface area (Å²) in [4.78, 5) is 0. The van der Waals surface area contributed by atoms with Gasteiger partial charge < -0.3 is 0 Å². The van der Waals surface area contributed by atoms with E-state index >= 15 is 0 Å². The number of hydrogen-bond donors (Lipinski definition) is 0. The van der Waals surface area contributed by atoms with E-state index in [0.29, 0.717) is 6.71 Å². The largest absolute Gasteiger partial charge is 0.207 e. The third-order valence-electron chi connectivity index (χ3n) is 3.39. The first kappa shape index (κ1) is 8.78. The smallest absolute Gasteiger partial charge is 0.0774 e. The lowest BCUT2D eigenvalue weighted by molar-refractivity contribution is 1.49. The van der Waals surface area contributed by atoms with Crippen LogP contribution in [0.3, 0.4) is 0 Å². The van der Waals surface area contributed by atoms with Crippen molar-refractivity contribution in [1.29, 1.82) is 0 Å². The Morgan fingerprint density at radius 1 is 0.867 bits per heavy atom. The summed E-state index contributed by atoms with van der Waals surface area (Å²) >= 11 is 0. The number of benzene rings is 2. The molecule has 1 aliphatic rings. The number of hydrogen-bond acceptors (Lipinski definition) is 0. The Balaban J connectivity index is 2.34. The van der Waals surface area contributed by atoms with E-state index in [4.69, 9.17) is 0 Å². The first-order valence-corrected chi connectivity index (χ1v) is 5.47. The number of aryl methyl sites for hydroxylation is 1. The van der Waals surface area contributed by atoms with Crippen molar-refractivity contribution < 1.29 is 0 Å². The Bertz CT molecular complexity index is 529. The van der Waals surface area contributed by atoms with E-state index in [-0.39, 0.29) is 0 Å². The van der Waals surface area contributed by atoms with E-state index in [1.54, 1.807) is 0 Å². The zero-order valence-corrected chi connectivity index (χ0v) is 9.12. The quantitative estimate of drug-likeness (QED) is 0.561. The van der Waals surface area contributed by atoms with E-state index in [0.717, 1.165) is 0 Å². The minimum atomic E-state index is 0.553. The van der Waals surface area contributed by atoms with Gasteiger partial charge in [-0.15, -0.1) is 0 Å². The predicted octanol–water partition coefficient (Wildman–Crippen LogP) is 2.21. The second-order valence-electron chi connectivity index (χ2n) is 4.40. The maximum atomic E-state index is 2.30. The summed E-state index contributed by atoms with van der Waals surface area (Å²) in [5, 5.41) is 0. The van der Waals surface area contributed by atoms with Crippen molar-refractivity contribution in [3.05, 3.63) is 48.0 Å². The van der Waals surface area contributed by atoms with Gasteiger partial charge in [0.1, 0.15) is 0 Å². The van der Waals surface area contributed by atoms with E-state index < -0.39 is 0 Å². The van der Waals surface area contributed by atoms with Crippen LogP contribution in [-0.2, 0) is 0 Å². The van der Waals surface area contributed by atoms with Gasteiger partial charge in [-0.2, -0.15) is 0 Å². The lowest BCUT2D eigenvalue weighted by Crippen LogP contribution is -2.34. The molecule has 0 fully saturated rings. The Morgan fingerprint density at radius 2 is 1.60 bits per heavy atom. The van der Waals surface area contributed by atoms with E-state index in [9.17, 15) is 0 Å². The Morgan fingerprint density at radius 3 is 2.47 bits per heavy atom. The highest BCUT2D eigenvalue weighted by Gasteiger charge is 2.26. The van der Waals surface area contributed by atoms with E-state index in [1.807, 2.05) is 0 Å². The van der Waals surface area contributed by atoms with Gasteiger partial charge in [0.05, 0.1) is 0 Å². The molecule has 0 saturated carbocycles. The number of rotatable bonds is 0. The van der Waals surface area contributed by atoms with Crippen molar-refractivity contribution in [2.75, 3.05) is 0 Å². The third kappa shape index (κ3) is 1.16. The van der Waals surface area contributed by atoms with Crippen LogP contribution in [-0.4, -0.2) is 6.71 Å². The molecular weight excluding hydrogens is 179 g/mol. The molecule has 0 amide bonds. The molecule has 2 aromatic rings. The highest BCUT2D eigenvalue weighted by atomic mass is 14.1. The molecule has 1 heterocycles. The highest BCUT2D eigenvalue weighted by Crippen LogP contribution is 2.23. The fourth-order valence-corrected chi connectivity index (χ4v) is 2.57. The fourth-order valence-electron chi connectivity index (χ4n) is 2.57. The fraction of sp³-hybridized carbons (Fsp3) is 0.143. The van der Waals surface area contributed by atoms with Gasteiger partial charge in [0.25, 0.3) is 0 Å². The van der Waals surface area contributed by atoms with Crippen LogP contribution >= 0.6 is 0 Å². The average Bonchev–Trinajstić information content (AvgIpc) is 2.54. The minimum Gasteiger partial charge on any atom is -0.0774 e. The molecule has 0 nitrogen and oxygen atoms in total. The molecule has 0 N–H and O–H groups in total. The minimum absolute atomic E-state index is 0.553. The molecule has 0 radical (unpaired) electrons. The Hall–Kier alpha value is -1.50. The predicted molar refractivity (Wildman–Crippen MR) is 67.5 cm³/mol. The van der Waals surface area contributed by atoms with Crippen LogP contribution in [0.2, 0.25) is 6.82 Å². The third-order valence-corrected chi connectivity index (χ3v) is 3.39. The van der Waals surface area contributed by atoms with Gasteiger partial charge in [0, 0.05) is 0 Å². The van der Waals surface area contributed by atoms with Gasteiger partial charge in [0.2, 0.25) is 6.71 Å². The molecule has 1 heteroatoms. The summed E-state index contributed by atoms with van der Waals surface area (Å²) in [5.74, 6) is 0. The lowest BCUT2D eigenvalue weighted by Gasteiger charge is -2.02. The van der Waals surface area contributed by atoms with Gasteiger partial charge >= 0.3 is 0 Å². The molecule has 1 aliphatic heterocycles. The summed E-state index contributed by atoms with van der Waals surface area (Å²) in [7, 11) is 0. The molecule has 15 heavy (non-hydrogen) atoms. The van der Waals surface area contributed by atoms with Crippen molar-refractivity contribution in [3.63, 3.8) is 0 Å². The molecule has 0 spiro atoms. The molecule has 0 aromatic heterocycles. The molecule has 0 bridgehead atoms. The monoisotopic (exact) mass is 192 g/mol.